The summed E-state index contributed by atoms with van der Waals surface area (Å²) in [5.41, 5.74) is 0.464. The fourth-order valence-corrected chi connectivity index (χ4v) is 2.94. The van der Waals surface area contributed by atoms with Gasteiger partial charge in [-0.2, -0.15) is 0 Å². The molecule has 130 valence electrons. The highest BCUT2D eigenvalue weighted by Gasteiger charge is 2.21. The number of aromatic nitrogens is 1. The van der Waals surface area contributed by atoms with E-state index >= 15 is 0 Å². The fraction of sp³-hybridized carbons (Fsp3) is 0.278. The van der Waals surface area contributed by atoms with E-state index in [1.54, 1.807) is 36.2 Å². The van der Waals surface area contributed by atoms with Crippen molar-refractivity contribution in [2.24, 2.45) is 7.05 Å². The molecule has 6 nitrogen and oxygen atoms in total. The van der Waals surface area contributed by atoms with Crippen molar-refractivity contribution >= 4 is 29.1 Å². The van der Waals surface area contributed by atoms with Gasteiger partial charge in [0.1, 0.15) is 5.69 Å². The zero-order chi connectivity index (χ0) is 18.0. The summed E-state index contributed by atoms with van der Waals surface area (Å²) in [7, 11) is 1.56. The Hall–Kier alpha value is -2.60. The van der Waals surface area contributed by atoms with Gasteiger partial charge in [0.2, 0.25) is 0 Å². The molecule has 0 aliphatic carbocycles. The van der Waals surface area contributed by atoms with Crippen molar-refractivity contribution in [1.82, 2.24) is 9.47 Å². The summed E-state index contributed by atoms with van der Waals surface area (Å²) in [6.45, 7) is 1.43. The van der Waals surface area contributed by atoms with Crippen molar-refractivity contribution in [1.29, 1.82) is 0 Å². The van der Waals surface area contributed by atoms with Crippen LogP contribution in [0, 0.1) is 0 Å². The monoisotopic (exact) mass is 359 g/mol. The number of aryl methyl sites for hydroxylation is 1. The van der Waals surface area contributed by atoms with Crippen molar-refractivity contribution in [2.75, 3.05) is 18.4 Å². The number of hydrogen-bond acceptors (Lipinski definition) is 3. The predicted octanol–water partition coefficient (Wildman–Crippen LogP) is 2.53. The predicted molar refractivity (Wildman–Crippen MR) is 96.2 cm³/mol. The molecule has 2 heterocycles. The molecular weight excluding hydrogens is 342 g/mol. The van der Waals surface area contributed by atoms with Crippen molar-refractivity contribution in [3.05, 3.63) is 63.0 Å². The van der Waals surface area contributed by atoms with Gasteiger partial charge in [-0.1, -0.05) is 11.6 Å². The number of anilines is 1. The van der Waals surface area contributed by atoms with Crippen LogP contribution in [0.15, 0.2) is 41.3 Å². The number of carbonyl (C=O) groups is 2. The maximum Gasteiger partial charge on any atom is 0.274 e. The normalized spacial score (nSPS) is 13.8. The molecule has 1 saturated heterocycles. The smallest absolute Gasteiger partial charge is 0.274 e. The fourth-order valence-electron chi connectivity index (χ4n) is 2.82. The first-order valence-electron chi connectivity index (χ1n) is 8.02. The number of carbonyl (C=O) groups excluding carboxylic acids is 2. The van der Waals surface area contributed by atoms with E-state index in [1.807, 2.05) is 0 Å². The Morgan fingerprint density at radius 3 is 2.36 bits per heavy atom. The molecule has 0 saturated carbocycles. The van der Waals surface area contributed by atoms with Gasteiger partial charge in [0.25, 0.3) is 17.4 Å². The minimum atomic E-state index is -0.431. The highest BCUT2D eigenvalue weighted by atomic mass is 35.5. The SMILES string of the molecule is Cn1cc(C(=O)N2CCCC2)cc(NC(=O)c2ccc(Cl)cc2)c1=O. The Kier molecular flexibility index (Phi) is 4.90. The summed E-state index contributed by atoms with van der Waals surface area (Å²) < 4.78 is 1.31. The van der Waals surface area contributed by atoms with Gasteiger partial charge >= 0.3 is 0 Å². The Labute approximate surface area is 150 Å². The van der Waals surface area contributed by atoms with E-state index in [1.165, 1.54) is 16.8 Å². The minimum Gasteiger partial charge on any atom is -0.339 e. The maximum absolute atomic E-state index is 12.5. The molecule has 1 fully saturated rings. The number of halogens is 1. The number of rotatable bonds is 3. The van der Waals surface area contributed by atoms with Crippen molar-refractivity contribution in [2.45, 2.75) is 12.8 Å². The Bertz CT molecular complexity index is 868. The van der Waals surface area contributed by atoms with Crippen LogP contribution in [0.1, 0.15) is 33.6 Å². The van der Waals surface area contributed by atoms with Crippen LogP contribution in [0.25, 0.3) is 0 Å². The topological polar surface area (TPSA) is 71.4 Å². The summed E-state index contributed by atoms with van der Waals surface area (Å²) in [5.74, 6) is -0.561. The molecule has 1 aromatic heterocycles. The lowest BCUT2D eigenvalue weighted by Gasteiger charge is -2.16. The van der Waals surface area contributed by atoms with Crippen LogP contribution in [-0.4, -0.2) is 34.4 Å². The zero-order valence-corrected chi connectivity index (χ0v) is 14.5. The van der Waals surface area contributed by atoms with Gasteiger partial charge in [-0.15, -0.1) is 0 Å². The number of nitrogens with zero attached hydrogens (tertiary/aromatic N) is 2. The average molecular weight is 360 g/mol. The van der Waals surface area contributed by atoms with Crippen LogP contribution in [0.3, 0.4) is 0 Å². The first kappa shape index (κ1) is 17.2. The summed E-state index contributed by atoms with van der Waals surface area (Å²) in [6.07, 6.45) is 3.47. The highest BCUT2D eigenvalue weighted by Crippen LogP contribution is 2.15. The summed E-state index contributed by atoms with van der Waals surface area (Å²) >= 11 is 5.81. The van der Waals surface area contributed by atoms with Crippen LogP contribution >= 0.6 is 11.6 Å². The van der Waals surface area contributed by atoms with Gasteiger partial charge in [-0.05, 0) is 43.2 Å². The summed E-state index contributed by atoms with van der Waals surface area (Å²) in [6, 6.07) is 7.78. The third-order valence-corrected chi connectivity index (χ3v) is 4.43. The second-order valence-corrected chi connectivity index (χ2v) is 6.46. The number of amides is 2. The van der Waals surface area contributed by atoms with E-state index in [9.17, 15) is 14.4 Å². The average Bonchev–Trinajstić information content (AvgIpc) is 3.13. The van der Waals surface area contributed by atoms with Gasteiger partial charge in [0.15, 0.2) is 0 Å². The molecule has 0 bridgehead atoms. The summed E-state index contributed by atoms with van der Waals surface area (Å²) in [5, 5.41) is 3.11. The van der Waals surface area contributed by atoms with E-state index in [4.69, 9.17) is 11.6 Å². The van der Waals surface area contributed by atoms with Gasteiger partial charge in [0.05, 0.1) is 5.56 Å². The van der Waals surface area contributed by atoms with E-state index < -0.39 is 5.91 Å². The quantitative estimate of drug-likeness (QED) is 0.915. The Balaban J connectivity index is 1.87. The van der Waals surface area contributed by atoms with Crippen LogP contribution in [-0.2, 0) is 7.05 Å². The van der Waals surface area contributed by atoms with E-state index in [0.29, 0.717) is 29.2 Å². The lowest BCUT2D eigenvalue weighted by Crippen LogP contribution is -2.30. The molecule has 0 spiro atoms. The standard InChI is InChI=1S/C18H18ClN3O3/c1-21-11-13(17(24)22-8-2-3-9-22)10-15(18(21)25)20-16(23)12-4-6-14(19)7-5-12/h4-7,10-11H,2-3,8-9H2,1H3,(H,20,23). The Morgan fingerprint density at radius 1 is 1.08 bits per heavy atom. The van der Waals surface area contributed by atoms with Crippen LogP contribution in [0.4, 0.5) is 5.69 Å². The molecule has 1 aromatic carbocycles. The lowest BCUT2D eigenvalue weighted by atomic mass is 10.2. The minimum absolute atomic E-state index is 0.0764. The summed E-state index contributed by atoms with van der Waals surface area (Å²) in [4.78, 5) is 38.9. The van der Waals surface area contributed by atoms with Crippen LogP contribution in [0.2, 0.25) is 5.02 Å². The number of hydrogen-bond donors (Lipinski definition) is 1. The number of benzene rings is 1. The van der Waals surface area contributed by atoms with Gasteiger partial charge in [0, 0.05) is 36.9 Å². The van der Waals surface area contributed by atoms with Crippen molar-refractivity contribution in [3.8, 4) is 0 Å². The van der Waals surface area contributed by atoms with Gasteiger partial charge in [-0.3, -0.25) is 14.4 Å². The zero-order valence-electron chi connectivity index (χ0n) is 13.8. The van der Waals surface area contributed by atoms with Crippen molar-refractivity contribution in [3.63, 3.8) is 0 Å². The van der Waals surface area contributed by atoms with Crippen molar-refractivity contribution < 1.29 is 9.59 Å². The molecule has 1 aliphatic rings. The molecular formula is C18H18ClN3O3. The maximum atomic E-state index is 12.5. The first-order chi connectivity index (χ1) is 12.0. The number of pyridine rings is 1. The van der Waals surface area contributed by atoms with E-state index in [2.05, 4.69) is 5.32 Å². The van der Waals surface area contributed by atoms with Crippen LogP contribution < -0.4 is 10.9 Å². The molecule has 0 atom stereocenters. The van der Waals surface area contributed by atoms with E-state index in [0.717, 1.165) is 12.8 Å². The largest absolute Gasteiger partial charge is 0.339 e. The highest BCUT2D eigenvalue weighted by molar-refractivity contribution is 6.30. The van der Waals surface area contributed by atoms with Gasteiger partial charge < -0.3 is 14.8 Å². The molecule has 3 rings (SSSR count). The third-order valence-electron chi connectivity index (χ3n) is 4.18. The van der Waals surface area contributed by atoms with Crippen LogP contribution in [0.5, 0.6) is 0 Å². The molecule has 0 radical (unpaired) electrons. The molecule has 7 heteroatoms. The molecule has 2 amide bonds. The number of likely N-dealkylation sites (tertiary alicyclic amines) is 1. The molecule has 0 unspecified atom stereocenters. The molecule has 25 heavy (non-hydrogen) atoms. The second kappa shape index (κ2) is 7.11. The van der Waals surface area contributed by atoms with Gasteiger partial charge in [-0.25, -0.2) is 0 Å². The first-order valence-corrected chi connectivity index (χ1v) is 8.40. The third kappa shape index (κ3) is 3.74. The molecule has 1 N–H and O–H groups in total. The lowest BCUT2D eigenvalue weighted by molar-refractivity contribution is 0.0791. The second-order valence-electron chi connectivity index (χ2n) is 6.02. The molecule has 2 aromatic rings. The molecule has 1 aliphatic heterocycles. The Morgan fingerprint density at radius 2 is 1.72 bits per heavy atom. The number of nitrogens with one attached hydrogen (secondary N) is 1. The van der Waals surface area contributed by atoms with E-state index in [-0.39, 0.29) is 17.2 Å².